The van der Waals surface area contributed by atoms with Crippen LogP contribution in [0.15, 0.2) is 85.3 Å². The minimum absolute atomic E-state index is 0. The third-order valence-corrected chi connectivity index (χ3v) is 6.71. The number of aliphatic hydroxyl groups is 1. The first-order valence-corrected chi connectivity index (χ1v) is 13.1. The fraction of sp³-hybridized carbons (Fsp3) is 0.250. The van der Waals surface area contributed by atoms with Crippen LogP contribution < -0.4 is 15.4 Å². The predicted molar refractivity (Wildman–Crippen MR) is 163 cm³/mol. The number of aromatic nitrogens is 4. The molecule has 9 heteroatoms. The minimum atomic E-state index is -0.598. The maximum absolute atomic E-state index is 13.2. The number of fused-ring (bicyclic) bond motifs is 1. The lowest BCUT2D eigenvalue weighted by Crippen LogP contribution is -2.22. The average Bonchev–Trinajstić information content (AvgIpc) is 3.39. The molecule has 5 aromatic rings. The van der Waals surface area contributed by atoms with E-state index in [0.29, 0.717) is 29.5 Å². The Morgan fingerprint density at radius 2 is 1.76 bits per heavy atom. The number of rotatable bonds is 9. The van der Waals surface area contributed by atoms with E-state index in [2.05, 4.69) is 25.7 Å². The molecule has 0 aliphatic heterocycles. The molecule has 0 atom stereocenters. The largest absolute Gasteiger partial charge is 0.493 e. The van der Waals surface area contributed by atoms with Crippen molar-refractivity contribution in [3.8, 4) is 11.4 Å². The van der Waals surface area contributed by atoms with E-state index in [1.165, 1.54) is 0 Å². The zero-order valence-electron chi connectivity index (χ0n) is 22.8. The van der Waals surface area contributed by atoms with E-state index >= 15 is 0 Å². The van der Waals surface area contributed by atoms with Gasteiger partial charge in [0.15, 0.2) is 0 Å². The number of pyridine rings is 2. The predicted octanol–water partition coefficient (Wildman–Crippen LogP) is 6.30. The topological polar surface area (TPSA) is 114 Å². The van der Waals surface area contributed by atoms with Crippen LogP contribution in [0, 0.1) is 6.92 Å². The number of aryl methyl sites for hydroxylation is 1. The van der Waals surface area contributed by atoms with Gasteiger partial charge in [0.1, 0.15) is 11.6 Å². The molecule has 2 aromatic carbocycles. The molecule has 0 radical (unpaired) electrons. The van der Waals surface area contributed by atoms with Crippen LogP contribution in [0.4, 0.5) is 16.3 Å². The zero-order valence-corrected chi connectivity index (χ0v) is 22.8. The van der Waals surface area contributed by atoms with E-state index in [0.717, 1.165) is 34.2 Å². The number of carbonyl (C=O) groups excluding carboxylic acids is 1. The van der Waals surface area contributed by atoms with Crippen molar-refractivity contribution in [1.82, 2.24) is 19.7 Å². The first-order valence-electron chi connectivity index (χ1n) is 13.1. The third-order valence-electron chi connectivity index (χ3n) is 6.71. The Morgan fingerprint density at radius 1 is 1.00 bits per heavy atom. The van der Waals surface area contributed by atoms with Crippen molar-refractivity contribution in [1.29, 1.82) is 0 Å². The smallest absolute Gasteiger partial charge is 0.324 e. The highest BCUT2D eigenvalue weighted by Crippen LogP contribution is 2.32. The summed E-state index contributed by atoms with van der Waals surface area (Å²) in [6, 6.07) is 20.6. The minimum Gasteiger partial charge on any atom is -0.493 e. The second kappa shape index (κ2) is 12.6. The molecule has 0 saturated carbocycles. The van der Waals surface area contributed by atoms with Gasteiger partial charge in [-0.1, -0.05) is 45.5 Å². The summed E-state index contributed by atoms with van der Waals surface area (Å²) in [4.78, 5) is 21.7. The highest BCUT2D eigenvalue weighted by atomic mass is 16.5. The molecule has 0 aliphatic carbocycles. The number of carbonyl (C=O) groups is 1. The van der Waals surface area contributed by atoms with Crippen LogP contribution in [0.25, 0.3) is 16.5 Å². The van der Waals surface area contributed by atoms with E-state index in [1.54, 1.807) is 29.3 Å². The van der Waals surface area contributed by atoms with Gasteiger partial charge in [-0.2, -0.15) is 5.10 Å². The average molecular weight is 553 g/mol. The summed E-state index contributed by atoms with van der Waals surface area (Å²) in [6.45, 7) is 6.12. The summed E-state index contributed by atoms with van der Waals surface area (Å²) in [5, 5.41) is 22.2. The molecule has 3 N–H and O–H groups in total. The molecule has 0 saturated heterocycles. The van der Waals surface area contributed by atoms with Gasteiger partial charge in [0, 0.05) is 46.8 Å². The number of nitrogens with one attached hydrogen (secondary N) is 2. The maximum Gasteiger partial charge on any atom is 0.324 e. The first kappa shape index (κ1) is 29.2. The fourth-order valence-corrected chi connectivity index (χ4v) is 4.27. The van der Waals surface area contributed by atoms with Gasteiger partial charge >= 0.3 is 6.03 Å². The van der Waals surface area contributed by atoms with Crippen molar-refractivity contribution in [2.45, 2.75) is 40.0 Å². The quantitative estimate of drug-likeness (QED) is 0.198. The van der Waals surface area contributed by atoms with Gasteiger partial charge in [0.25, 0.3) is 0 Å². The van der Waals surface area contributed by atoms with E-state index in [4.69, 9.17) is 4.74 Å². The van der Waals surface area contributed by atoms with Crippen molar-refractivity contribution < 1.29 is 14.6 Å². The van der Waals surface area contributed by atoms with Crippen LogP contribution in [0.5, 0.6) is 5.75 Å². The number of urea groups is 1. The van der Waals surface area contributed by atoms with Gasteiger partial charge in [0.2, 0.25) is 0 Å². The molecule has 2 amide bonds. The van der Waals surface area contributed by atoms with Gasteiger partial charge in [0.05, 0.1) is 36.5 Å². The van der Waals surface area contributed by atoms with Crippen LogP contribution in [0.3, 0.4) is 0 Å². The molecule has 9 nitrogen and oxygen atoms in total. The summed E-state index contributed by atoms with van der Waals surface area (Å²) in [5.41, 5.74) is 3.41. The highest BCUT2D eigenvalue weighted by molar-refractivity contribution is 6.07. The number of amides is 2. The van der Waals surface area contributed by atoms with E-state index in [9.17, 15) is 9.90 Å². The lowest BCUT2D eigenvalue weighted by Gasteiger charge is -2.18. The molecule has 3 aromatic heterocycles. The Labute approximate surface area is 240 Å². The van der Waals surface area contributed by atoms with Gasteiger partial charge in [-0.15, -0.1) is 0 Å². The highest BCUT2D eigenvalue weighted by Gasteiger charge is 2.25. The number of anilines is 2. The number of benzene rings is 2. The van der Waals surface area contributed by atoms with Crippen LogP contribution in [-0.4, -0.2) is 44.1 Å². The molecule has 0 aliphatic rings. The van der Waals surface area contributed by atoms with E-state index in [1.807, 2.05) is 81.4 Å². The summed E-state index contributed by atoms with van der Waals surface area (Å²) >= 11 is 0. The van der Waals surface area contributed by atoms with Crippen LogP contribution >= 0.6 is 0 Å². The van der Waals surface area contributed by atoms with Crippen LogP contribution in [-0.2, 0) is 11.8 Å². The summed E-state index contributed by atoms with van der Waals surface area (Å²) in [7, 11) is 0. The number of nitrogens with zero attached hydrogens (tertiary/aromatic N) is 4. The molecule has 0 spiro atoms. The molecule has 3 heterocycles. The summed E-state index contributed by atoms with van der Waals surface area (Å²) in [5.74, 6) is 1.21. The molecule has 0 unspecified atom stereocenters. The zero-order chi connectivity index (χ0) is 28.1. The number of ether oxygens (including phenoxy) is 1. The first-order chi connectivity index (χ1) is 19.3. The normalized spacial score (nSPS) is 11.1. The Kier molecular flexibility index (Phi) is 8.99. The van der Waals surface area contributed by atoms with Gasteiger partial charge in [-0.3, -0.25) is 15.3 Å². The van der Waals surface area contributed by atoms with Gasteiger partial charge < -0.3 is 15.2 Å². The third kappa shape index (κ3) is 6.70. The SMILES string of the molecule is C.Cc1ccc(-n2nc(C(C)(C)CO)cc2NC(=O)Nc2ccc(OCCc3ccncc3)c3ccccc23)cn1. The maximum atomic E-state index is 13.2. The Hall–Kier alpha value is -4.76. The van der Waals surface area contributed by atoms with Crippen LogP contribution in [0.2, 0.25) is 0 Å². The van der Waals surface area contributed by atoms with E-state index < -0.39 is 11.4 Å². The number of aliphatic hydroxyl groups excluding tert-OH is 1. The lowest BCUT2D eigenvalue weighted by atomic mass is 9.91. The van der Waals surface area contributed by atoms with Crippen LogP contribution in [0.1, 0.15) is 38.2 Å². The van der Waals surface area contributed by atoms with Gasteiger partial charge in [-0.05, 0) is 48.9 Å². The van der Waals surface area contributed by atoms with Gasteiger partial charge in [-0.25, -0.2) is 9.48 Å². The van der Waals surface area contributed by atoms with Crippen molar-refractivity contribution in [2.75, 3.05) is 23.8 Å². The molecule has 0 fully saturated rings. The monoisotopic (exact) mass is 552 g/mol. The lowest BCUT2D eigenvalue weighted by molar-refractivity contribution is 0.215. The van der Waals surface area contributed by atoms with Crippen molar-refractivity contribution in [2.24, 2.45) is 0 Å². The molecule has 5 rings (SSSR count). The van der Waals surface area contributed by atoms with Crippen molar-refractivity contribution in [3.05, 3.63) is 102 Å². The molecule has 0 bridgehead atoms. The Morgan fingerprint density at radius 3 is 2.46 bits per heavy atom. The number of hydrogen-bond donors (Lipinski definition) is 3. The second-order valence-corrected chi connectivity index (χ2v) is 10.2. The Bertz CT molecular complexity index is 1610. The van der Waals surface area contributed by atoms with Crippen molar-refractivity contribution in [3.63, 3.8) is 0 Å². The summed E-state index contributed by atoms with van der Waals surface area (Å²) < 4.78 is 7.73. The standard InChI is InChI=1S/C31H32N6O3.CH4/c1-21-8-9-23(19-33-21)37-29(18-28(36-37)31(2,3)20-38)35-30(39)34-26-10-11-27(25-7-5-4-6-24(25)26)40-17-14-22-12-15-32-16-13-22;/h4-13,15-16,18-19,38H,14,17,20H2,1-3H3,(H2,34,35,39);1H4. The van der Waals surface area contributed by atoms with Crippen molar-refractivity contribution >= 4 is 28.3 Å². The number of hydrogen-bond acceptors (Lipinski definition) is 6. The molecule has 41 heavy (non-hydrogen) atoms. The molecular weight excluding hydrogens is 516 g/mol. The fourth-order valence-electron chi connectivity index (χ4n) is 4.27. The molecular formula is C32H36N6O3. The summed E-state index contributed by atoms with van der Waals surface area (Å²) in [6.07, 6.45) is 6.00. The second-order valence-electron chi connectivity index (χ2n) is 10.2. The molecule has 212 valence electrons. The Balaban J connectivity index is 0.00000387. The van der Waals surface area contributed by atoms with E-state index in [-0.39, 0.29) is 14.0 Å².